The lowest BCUT2D eigenvalue weighted by atomic mass is 10.0. The smallest absolute Gasteiger partial charge is 0.133 e. The van der Waals surface area contributed by atoms with Crippen LogP contribution in [0.15, 0.2) is 34.9 Å². The zero-order chi connectivity index (χ0) is 15.8. The number of likely N-dealkylation sites (tertiary alicyclic amines) is 1. The Labute approximate surface area is 134 Å². The van der Waals surface area contributed by atoms with Crippen LogP contribution in [0.5, 0.6) is 0 Å². The van der Waals surface area contributed by atoms with Gasteiger partial charge in [-0.25, -0.2) is 0 Å². The summed E-state index contributed by atoms with van der Waals surface area (Å²) in [7, 11) is 0. The van der Waals surface area contributed by atoms with Crippen LogP contribution in [0.1, 0.15) is 45.6 Å². The lowest BCUT2D eigenvalue weighted by Gasteiger charge is -2.32. The van der Waals surface area contributed by atoms with Crippen LogP contribution in [-0.2, 0) is 6.54 Å². The molecule has 1 fully saturated rings. The Morgan fingerprint density at radius 3 is 2.68 bits per heavy atom. The van der Waals surface area contributed by atoms with Crippen molar-refractivity contribution in [3.63, 3.8) is 0 Å². The second kappa shape index (κ2) is 8.96. The number of furan rings is 1. The molecule has 1 saturated heterocycles. The van der Waals surface area contributed by atoms with Crippen molar-refractivity contribution < 1.29 is 4.42 Å². The molecule has 3 heteroatoms. The highest BCUT2D eigenvalue weighted by molar-refractivity contribution is 5.77. The van der Waals surface area contributed by atoms with E-state index < -0.39 is 0 Å². The Kier molecular flexibility index (Phi) is 6.94. The zero-order valence-corrected chi connectivity index (χ0v) is 14.3. The van der Waals surface area contributed by atoms with Crippen molar-refractivity contribution >= 4 is 11.0 Å². The fraction of sp³-hybridized carbons (Fsp3) is 0.579. The molecule has 1 aromatic carbocycles. The minimum Gasteiger partial charge on any atom is -0.464 e. The number of nitrogens with one attached hydrogen (secondary N) is 1. The van der Waals surface area contributed by atoms with Crippen molar-refractivity contribution in [3.05, 3.63) is 36.1 Å². The number of fused-ring (bicyclic) bond motifs is 1. The van der Waals surface area contributed by atoms with Gasteiger partial charge in [-0.15, -0.1) is 0 Å². The number of rotatable bonds is 5. The first-order valence-electron chi connectivity index (χ1n) is 8.77. The molecule has 2 aromatic rings. The number of nitrogens with zero attached hydrogens (tertiary/aromatic N) is 1. The van der Waals surface area contributed by atoms with Gasteiger partial charge in [0.2, 0.25) is 0 Å². The molecule has 3 rings (SSSR count). The number of piperidine rings is 1. The number of benzene rings is 1. The molecule has 0 spiro atoms. The van der Waals surface area contributed by atoms with Gasteiger partial charge >= 0.3 is 0 Å². The molecule has 0 bridgehead atoms. The molecule has 0 unspecified atom stereocenters. The Morgan fingerprint density at radius 1 is 1.18 bits per heavy atom. The first kappa shape index (κ1) is 17.0. The van der Waals surface area contributed by atoms with E-state index in [1.54, 1.807) is 6.26 Å². The molecular weight excluding hydrogens is 272 g/mol. The van der Waals surface area contributed by atoms with Crippen LogP contribution in [0.25, 0.3) is 11.0 Å². The SMILES string of the molecule is CC.CCCN1CCC(NCc2ccc3occc3c2)CC1. The number of hydrogen-bond donors (Lipinski definition) is 1. The zero-order valence-electron chi connectivity index (χ0n) is 14.3. The Hall–Kier alpha value is -1.32. The minimum atomic E-state index is 0.670. The van der Waals surface area contributed by atoms with Gasteiger partial charge in [-0.05, 0) is 62.7 Å². The average Bonchev–Trinajstić information content (AvgIpc) is 3.04. The molecule has 22 heavy (non-hydrogen) atoms. The summed E-state index contributed by atoms with van der Waals surface area (Å²) in [5.41, 5.74) is 2.32. The van der Waals surface area contributed by atoms with Crippen LogP contribution >= 0.6 is 0 Å². The summed E-state index contributed by atoms with van der Waals surface area (Å²) in [5.74, 6) is 0. The molecule has 0 atom stereocenters. The third kappa shape index (κ3) is 4.59. The highest BCUT2D eigenvalue weighted by Gasteiger charge is 2.17. The van der Waals surface area contributed by atoms with E-state index in [9.17, 15) is 0 Å². The molecule has 0 aliphatic carbocycles. The molecule has 122 valence electrons. The first-order chi connectivity index (χ1) is 10.8. The van der Waals surface area contributed by atoms with Gasteiger partial charge in [-0.2, -0.15) is 0 Å². The van der Waals surface area contributed by atoms with E-state index in [2.05, 4.69) is 35.3 Å². The molecule has 0 amide bonds. The van der Waals surface area contributed by atoms with E-state index in [4.69, 9.17) is 4.42 Å². The van der Waals surface area contributed by atoms with Crippen molar-refractivity contribution in [2.75, 3.05) is 19.6 Å². The summed E-state index contributed by atoms with van der Waals surface area (Å²) in [6, 6.07) is 9.14. The third-order valence-corrected chi connectivity index (χ3v) is 4.24. The molecule has 1 aromatic heterocycles. The molecular formula is C19H30N2O. The van der Waals surface area contributed by atoms with Crippen molar-refractivity contribution in [3.8, 4) is 0 Å². The Bertz CT molecular complexity index is 541. The van der Waals surface area contributed by atoms with Gasteiger partial charge in [0.15, 0.2) is 0 Å². The molecule has 1 aliphatic rings. The van der Waals surface area contributed by atoms with Gasteiger partial charge in [0.1, 0.15) is 5.58 Å². The lowest BCUT2D eigenvalue weighted by Crippen LogP contribution is -2.42. The number of hydrogen-bond acceptors (Lipinski definition) is 3. The van der Waals surface area contributed by atoms with Gasteiger partial charge in [0, 0.05) is 18.0 Å². The van der Waals surface area contributed by atoms with E-state index in [0.717, 1.165) is 12.1 Å². The largest absolute Gasteiger partial charge is 0.464 e. The van der Waals surface area contributed by atoms with Crippen LogP contribution < -0.4 is 5.32 Å². The maximum Gasteiger partial charge on any atom is 0.133 e. The van der Waals surface area contributed by atoms with E-state index >= 15 is 0 Å². The maximum atomic E-state index is 5.38. The Balaban J connectivity index is 0.000000847. The van der Waals surface area contributed by atoms with Crippen LogP contribution in [0, 0.1) is 0 Å². The second-order valence-electron chi connectivity index (χ2n) is 5.79. The molecule has 2 heterocycles. The maximum absolute atomic E-state index is 5.38. The summed E-state index contributed by atoms with van der Waals surface area (Å²) in [6.07, 6.45) is 5.57. The van der Waals surface area contributed by atoms with Crippen molar-refractivity contribution in [2.24, 2.45) is 0 Å². The summed E-state index contributed by atoms with van der Waals surface area (Å²) in [5, 5.41) is 4.90. The highest BCUT2D eigenvalue weighted by Crippen LogP contribution is 2.17. The van der Waals surface area contributed by atoms with E-state index in [1.807, 2.05) is 19.9 Å². The van der Waals surface area contributed by atoms with Gasteiger partial charge in [-0.3, -0.25) is 0 Å². The van der Waals surface area contributed by atoms with Gasteiger partial charge < -0.3 is 14.6 Å². The fourth-order valence-corrected chi connectivity index (χ4v) is 3.07. The van der Waals surface area contributed by atoms with Crippen molar-refractivity contribution in [2.45, 2.75) is 52.6 Å². The van der Waals surface area contributed by atoms with Crippen molar-refractivity contribution in [1.29, 1.82) is 0 Å². The summed E-state index contributed by atoms with van der Waals surface area (Å²) in [4.78, 5) is 2.58. The van der Waals surface area contributed by atoms with Crippen LogP contribution in [0.3, 0.4) is 0 Å². The summed E-state index contributed by atoms with van der Waals surface area (Å²) >= 11 is 0. The van der Waals surface area contributed by atoms with E-state index in [0.29, 0.717) is 6.04 Å². The summed E-state index contributed by atoms with van der Waals surface area (Å²) in [6.45, 7) is 11.0. The van der Waals surface area contributed by atoms with Crippen LogP contribution in [-0.4, -0.2) is 30.6 Å². The fourth-order valence-electron chi connectivity index (χ4n) is 3.07. The standard InChI is InChI=1S/C17H24N2O.C2H6/c1-2-8-19-9-5-16(6-10-19)18-13-14-3-4-17-15(12-14)7-11-20-17;1-2/h3-4,7,11-12,16,18H,2,5-6,8-10,13H2,1H3;1-2H3. The molecule has 0 saturated carbocycles. The van der Waals surface area contributed by atoms with Gasteiger partial charge in [-0.1, -0.05) is 26.8 Å². The van der Waals surface area contributed by atoms with Crippen LogP contribution in [0.4, 0.5) is 0 Å². The molecule has 0 radical (unpaired) electrons. The molecule has 1 N–H and O–H groups in total. The minimum absolute atomic E-state index is 0.670. The molecule has 1 aliphatic heterocycles. The van der Waals surface area contributed by atoms with Gasteiger partial charge in [0.25, 0.3) is 0 Å². The second-order valence-corrected chi connectivity index (χ2v) is 5.79. The monoisotopic (exact) mass is 302 g/mol. The average molecular weight is 302 g/mol. The normalized spacial score (nSPS) is 16.5. The first-order valence-corrected chi connectivity index (χ1v) is 8.77. The van der Waals surface area contributed by atoms with Crippen molar-refractivity contribution in [1.82, 2.24) is 10.2 Å². The lowest BCUT2D eigenvalue weighted by molar-refractivity contribution is 0.197. The van der Waals surface area contributed by atoms with E-state index in [1.165, 1.54) is 49.8 Å². The quantitative estimate of drug-likeness (QED) is 0.886. The summed E-state index contributed by atoms with van der Waals surface area (Å²) < 4.78 is 5.38. The molecule has 3 nitrogen and oxygen atoms in total. The predicted octanol–water partition coefficient (Wildman–Crippen LogP) is 4.42. The topological polar surface area (TPSA) is 28.4 Å². The third-order valence-electron chi connectivity index (χ3n) is 4.24. The Morgan fingerprint density at radius 2 is 1.95 bits per heavy atom. The van der Waals surface area contributed by atoms with Crippen LogP contribution in [0.2, 0.25) is 0 Å². The van der Waals surface area contributed by atoms with Gasteiger partial charge in [0.05, 0.1) is 6.26 Å². The van der Waals surface area contributed by atoms with E-state index in [-0.39, 0.29) is 0 Å². The highest BCUT2D eigenvalue weighted by atomic mass is 16.3. The predicted molar refractivity (Wildman–Crippen MR) is 94.2 cm³/mol.